The summed E-state index contributed by atoms with van der Waals surface area (Å²) < 4.78 is 43.1. The predicted molar refractivity (Wildman–Crippen MR) is 148 cm³/mol. The van der Waals surface area contributed by atoms with Crippen LogP contribution < -0.4 is 4.74 Å². The van der Waals surface area contributed by atoms with E-state index in [1.807, 2.05) is 0 Å². The normalized spacial score (nSPS) is 11.0. The molecule has 230 valence electrons. The molecule has 0 saturated heterocycles. The van der Waals surface area contributed by atoms with Crippen molar-refractivity contribution in [3.05, 3.63) is 34.4 Å². The lowest BCUT2D eigenvalue weighted by Crippen LogP contribution is -2.15. The van der Waals surface area contributed by atoms with Crippen molar-refractivity contribution < 1.29 is 47.6 Å². The van der Waals surface area contributed by atoms with Gasteiger partial charge in [0.15, 0.2) is 0 Å². The maximum atomic E-state index is 11.6. The van der Waals surface area contributed by atoms with Crippen LogP contribution in [0.3, 0.4) is 0 Å². The topological polar surface area (TPSA) is 134 Å². The van der Waals surface area contributed by atoms with Crippen LogP contribution in [0.4, 0.5) is 5.69 Å². The molecule has 0 unspecified atom stereocenters. The van der Waals surface area contributed by atoms with Crippen molar-refractivity contribution in [1.29, 1.82) is 0 Å². The van der Waals surface area contributed by atoms with Gasteiger partial charge in [-0.2, -0.15) is 0 Å². The van der Waals surface area contributed by atoms with E-state index in [1.165, 1.54) is 31.4 Å². The first kappa shape index (κ1) is 35.7. The summed E-state index contributed by atoms with van der Waals surface area (Å²) in [6.45, 7) is 8.15. The second kappa shape index (κ2) is 26.9. The maximum Gasteiger partial charge on any atom is 0.305 e. The van der Waals surface area contributed by atoms with Gasteiger partial charge in [-0.05, 0) is 18.6 Å². The van der Waals surface area contributed by atoms with Gasteiger partial charge >= 0.3 is 5.97 Å². The van der Waals surface area contributed by atoms with Gasteiger partial charge in [0.2, 0.25) is 0 Å². The molecule has 12 heteroatoms. The molecule has 0 spiro atoms. The van der Waals surface area contributed by atoms with E-state index in [-0.39, 0.29) is 18.3 Å². The summed E-state index contributed by atoms with van der Waals surface area (Å²) in [6, 6.07) is 5.90. The zero-order chi connectivity index (χ0) is 28.9. The van der Waals surface area contributed by atoms with Crippen molar-refractivity contribution >= 4 is 11.7 Å². The lowest BCUT2D eigenvalue weighted by atomic mass is 10.1. The Kier molecular flexibility index (Phi) is 23.9. The molecule has 12 nitrogen and oxygen atoms in total. The molecule has 0 radical (unpaired) electrons. The highest BCUT2D eigenvalue weighted by Gasteiger charge is 2.04. The van der Waals surface area contributed by atoms with E-state index in [1.54, 1.807) is 12.1 Å². The monoisotopic (exact) mass is 573 g/mol. The molecule has 0 aromatic heterocycles. The van der Waals surface area contributed by atoms with Gasteiger partial charge in [0, 0.05) is 18.6 Å². The first-order chi connectivity index (χ1) is 19.6. The third kappa shape index (κ3) is 22.5. The zero-order valence-electron chi connectivity index (χ0n) is 23.9. The molecule has 1 aromatic rings. The smallest absolute Gasteiger partial charge is 0.305 e. The van der Waals surface area contributed by atoms with Gasteiger partial charge in [-0.15, -0.1) is 0 Å². The minimum Gasteiger partial charge on any atom is -0.491 e. The van der Waals surface area contributed by atoms with Crippen molar-refractivity contribution in [3.8, 4) is 5.75 Å². The number of nitro groups is 1. The van der Waals surface area contributed by atoms with Gasteiger partial charge in [-0.1, -0.05) is 32.6 Å². The van der Waals surface area contributed by atoms with Crippen molar-refractivity contribution in [1.82, 2.24) is 0 Å². The minimum absolute atomic E-state index is 0.0254. The molecular formula is C28H47NO11. The first-order valence-corrected chi connectivity index (χ1v) is 14.1. The van der Waals surface area contributed by atoms with Crippen LogP contribution in [0.15, 0.2) is 24.3 Å². The van der Waals surface area contributed by atoms with E-state index < -0.39 is 4.92 Å². The SMILES string of the molecule is CCCCCCCC(=O)OCCOCCOCCOCCOCCOCCOCCOc1ccc([N+](=O)[O-])cc1. The summed E-state index contributed by atoms with van der Waals surface area (Å²) in [4.78, 5) is 21.7. The van der Waals surface area contributed by atoms with E-state index in [4.69, 9.17) is 37.9 Å². The molecule has 0 bridgehead atoms. The van der Waals surface area contributed by atoms with Gasteiger partial charge in [-0.25, -0.2) is 0 Å². The number of ether oxygens (including phenoxy) is 8. The Morgan fingerprint density at radius 2 is 1.05 bits per heavy atom. The Morgan fingerprint density at radius 1 is 0.625 bits per heavy atom. The Bertz CT molecular complexity index is 733. The lowest BCUT2D eigenvalue weighted by Gasteiger charge is -2.09. The second-order valence-corrected chi connectivity index (χ2v) is 8.66. The van der Waals surface area contributed by atoms with E-state index in [9.17, 15) is 14.9 Å². The molecule has 0 saturated carbocycles. The van der Waals surface area contributed by atoms with E-state index in [2.05, 4.69) is 6.92 Å². The van der Waals surface area contributed by atoms with Crippen molar-refractivity contribution in [2.24, 2.45) is 0 Å². The van der Waals surface area contributed by atoms with Gasteiger partial charge < -0.3 is 37.9 Å². The number of benzene rings is 1. The third-order valence-electron chi connectivity index (χ3n) is 5.38. The summed E-state index contributed by atoms with van der Waals surface area (Å²) in [6.07, 6.45) is 6.04. The van der Waals surface area contributed by atoms with Crippen LogP contribution in [-0.2, 0) is 38.0 Å². The number of carbonyl (C=O) groups is 1. The van der Waals surface area contributed by atoms with Crippen molar-refractivity contribution in [2.45, 2.75) is 45.4 Å². The molecule has 0 aliphatic carbocycles. The Balaban J connectivity index is 1.71. The number of esters is 1. The van der Waals surface area contributed by atoms with Crippen molar-refractivity contribution in [3.63, 3.8) is 0 Å². The van der Waals surface area contributed by atoms with E-state index in [0.29, 0.717) is 98.1 Å². The van der Waals surface area contributed by atoms with Crippen LogP contribution in [0.2, 0.25) is 0 Å². The maximum absolute atomic E-state index is 11.6. The highest BCUT2D eigenvalue weighted by Crippen LogP contribution is 2.17. The number of carbonyl (C=O) groups excluding carboxylic acids is 1. The summed E-state index contributed by atoms with van der Waals surface area (Å²) >= 11 is 0. The fourth-order valence-corrected chi connectivity index (χ4v) is 3.24. The standard InChI is InChI=1S/C28H47NO11/c1-2-3-4-5-6-7-28(30)40-25-23-38-21-19-36-17-15-34-13-12-33-14-16-35-18-20-37-22-24-39-27-10-8-26(9-11-27)29(31)32/h8-11H,2-7,12-25H2,1H3. The number of non-ortho nitro benzene ring substituents is 1. The third-order valence-corrected chi connectivity index (χ3v) is 5.38. The number of unbranched alkanes of at least 4 members (excludes halogenated alkanes) is 4. The molecule has 1 rings (SSSR count). The average molecular weight is 574 g/mol. The van der Waals surface area contributed by atoms with Gasteiger partial charge in [0.1, 0.15) is 19.0 Å². The number of nitro benzene ring substituents is 1. The van der Waals surface area contributed by atoms with Gasteiger partial charge in [0.05, 0.1) is 84.2 Å². The second-order valence-electron chi connectivity index (χ2n) is 8.66. The molecule has 0 amide bonds. The largest absolute Gasteiger partial charge is 0.491 e. The van der Waals surface area contributed by atoms with Crippen LogP contribution in [0.1, 0.15) is 45.4 Å². The predicted octanol–water partition coefficient (Wildman–Crippen LogP) is 3.98. The first-order valence-electron chi connectivity index (χ1n) is 14.1. The van der Waals surface area contributed by atoms with Crippen LogP contribution >= 0.6 is 0 Å². The fraction of sp³-hybridized carbons (Fsp3) is 0.750. The molecule has 0 N–H and O–H groups in total. The highest BCUT2D eigenvalue weighted by atomic mass is 16.6. The van der Waals surface area contributed by atoms with E-state index in [0.717, 1.165) is 12.8 Å². The average Bonchev–Trinajstić information content (AvgIpc) is 2.95. The lowest BCUT2D eigenvalue weighted by molar-refractivity contribution is -0.384. The zero-order valence-corrected chi connectivity index (χ0v) is 23.9. The molecule has 40 heavy (non-hydrogen) atoms. The molecule has 0 aliphatic rings. The van der Waals surface area contributed by atoms with Gasteiger partial charge in [0.25, 0.3) is 5.69 Å². The van der Waals surface area contributed by atoms with Crippen LogP contribution in [0.25, 0.3) is 0 Å². The van der Waals surface area contributed by atoms with Crippen LogP contribution in [0, 0.1) is 10.1 Å². The Morgan fingerprint density at radius 3 is 1.50 bits per heavy atom. The number of rotatable bonds is 29. The molecule has 0 fully saturated rings. The molecule has 0 heterocycles. The molecular weight excluding hydrogens is 526 g/mol. The fourth-order valence-electron chi connectivity index (χ4n) is 3.24. The molecule has 1 aromatic carbocycles. The van der Waals surface area contributed by atoms with Crippen molar-refractivity contribution in [2.75, 3.05) is 92.5 Å². The minimum atomic E-state index is -0.453. The Hall–Kier alpha value is -2.35. The van der Waals surface area contributed by atoms with Crippen LogP contribution in [0.5, 0.6) is 5.75 Å². The van der Waals surface area contributed by atoms with Crippen LogP contribution in [-0.4, -0.2) is 103 Å². The number of hydrogen-bond donors (Lipinski definition) is 0. The highest BCUT2D eigenvalue weighted by molar-refractivity contribution is 5.69. The summed E-state index contributed by atoms with van der Waals surface area (Å²) in [5, 5.41) is 10.6. The van der Waals surface area contributed by atoms with Gasteiger partial charge in [-0.3, -0.25) is 14.9 Å². The quantitative estimate of drug-likeness (QED) is 0.0596. The summed E-state index contributed by atoms with van der Waals surface area (Å²) in [7, 11) is 0. The summed E-state index contributed by atoms with van der Waals surface area (Å²) in [5.41, 5.74) is 0.0254. The summed E-state index contributed by atoms with van der Waals surface area (Å²) in [5.74, 6) is 0.400. The molecule has 0 aliphatic heterocycles. The number of nitrogens with zero attached hydrogens (tertiary/aromatic N) is 1. The van der Waals surface area contributed by atoms with E-state index >= 15 is 0 Å². The number of hydrogen-bond acceptors (Lipinski definition) is 11. The molecule has 0 atom stereocenters. The Labute approximate surface area is 237 Å².